The third kappa shape index (κ3) is 3.73. The van der Waals surface area contributed by atoms with E-state index in [1.54, 1.807) is 17.9 Å². The number of aromatic nitrogens is 2. The van der Waals surface area contributed by atoms with Crippen LogP contribution in [0.15, 0.2) is 34.9 Å². The maximum atomic E-state index is 12.2. The van der Waals surface area contributed by atoms with Crippen LogP contribution < -0.4 is 10.2 Å². The van der Waals surface area contributed by atoms with E-state index in [1.807, 2.05) is 24.3 Å². The van der Waals surface area contributed by atoms with E-state index in [4.69, 9.17) is 0 Å². The van der Waals surface area contributed by atoms with Gasteiger partial charge in [0.2, 0.25) is 0 Å². The summed E-state index contributed by atoms with van der Waals surface area (Å²) in [5.41, 5.74) is 2.34. The summed E-state index contributed by atoms with van der Waals surface area (Å²) in [7, 11) is 3.93. The fourth-order valence-corrected chi connectivity index (χ4v) is 3.18. The first kappa shape index (κ1) is 16.0. The Bertz CT molecular complexity index is 689. The van der Waals surface area contributed by atoms with E-state index >= 15 is 0 Å². The van der Waals surface area contributed by atoms with Crippen LogP contribution in [-0.4, -0.2) is 53.8 Å². The number of carbonyl (C=O) groups excluding carboxylic acids is 1. The maximum absolute atomic E-state index is 12.2. The number of amides is 1. The Morgan fingerprint density at radius 2 is 1.78 bits per heavy atom. The van der Waals surface area contributed by atoms with Gasteiger partial charge in [-0.05, 0) is 47.2 Å². The number of aryl methyl sites for hydroxylation is 1. The number of likely N-dealkylation sites (N-methyl/N-ethyl adjacent to an activating group) is 1. The monoisotopic (exact) mass is 377 g/mol. The highest BCUT2D eigenvalue weighted by molar-refractivity contribution is 9.10. The average molecular weight is 378 g/mol. The van der Waals surface area contributed by atoms with E-state index in [2.05, 4.69) is 43.2 Å². The smallest absolute Gasteiger partial charge is 0.277 e. The van der Waals surface area contributed by atoms with Crippen molar-refractivity contribution in [2.45, 2.75) is 0 Å². The molecule has 0 aliphatic carbocycles. The number of benzene rings is 1. The van der Waals surface area contributed by atoms with Crippen LogP contribution in [0.1, 0.15) is 10.5 Å². The molecule has 2 heterocycles. The summed E-state index contributed by atoms with van der Waals surface area (Å²) >= 11 is 3.34. The largest absolute Gasteiger partial charge is 0.369 e. The van der Waals surface area contributed by atoms with E-state index in [9.17, 15) is 4.79 Å². The predicted octanol–water partition coefficient (Wildman–Crippen LogP) is 2.19. The fourth-order valence-electron chi connectivity index (χ4n) is 2.62. The van der Waals surface area contributed by atoms with E-state index in [0.717, 1.165) is 31.9 Å². The van der Waals surface area contributed by atoms with Gasteiger partial charge in [0, 0.05) is 50.8 Å². The molecule has 1 aliphatic heterocycles. The Morgan fingerprint density at radius 1 is 1.13 bits per heavy atom. The summed E-state index contributed by atoms with van der Waals surface area (Å²) in [6, 6.07) is 7.97. The van der Waals surface area contributed by atoms with Crippen LogP contribution in [0.25, 0.3) is 0 Å². The van der Waals surface area contributed by atoms with Gasteiger partial charge in [0.25, 0.3) is 5.91 Å². The molecular formula is C16H20BrN5O. The van der Waals surface area contributed by atoms with Gasteiger partial charge in [0.1, 0.15) is 0 Å². The Morgan fingerprint density at radius 3 is 2.35 bits per heavy atom. The molecule has 23 heavy (non-hydrogen) atoms. The number of hydrogen-bond donors (Lipinski definition) is 1. The van der Waals surface area contributed by atoms with Gasteiger partial charge in [0.15, 0.2) is 5.69 Å². The standard InChI is InChI=1S/C16H20BrN5O/c1-20-7-9-22(10-8-20)13-5-3-12(4-6-13)18-16(23)15-14(17)11-21(2)19-15/h3-6,11H,7-10H2,1-2H3,(H,18,23). The molecule has 1 aromatic carbocycles. The van der Waals surface area contributed by atoms with Gasteiger partial charge in [-0.15, -0.1) is 0 Å². The van der Waals surface area contributed by atoms with Crippen molar-refractivity contribution in [3.8, 4) is 0 Å². The van der Waals surface area contributed by atoms with Gasteiger partial charge in [-0.2, -0.15) is 5.10 Å². The van der Waals surface area contributed by atoms with Crippen LogP contribution in [-0.2, 0) is 7.05 Å². The minimum Gasteiger partial charge on any atom is -0.369 e. The zero-order valence-corrected chi connectivity index (χ0v) is 14.9. The number of nitrogens with zero attached hydrogens (tertiary/aromatic N) is 4. The number of rotatable bonds is 3. The van der Waals surface area contributed by atoms with Crippen molar-refractivity contribution < 1.29 is 4.79 Å². The number of hydrogen-bond acceptors (Lipinski definition) is 4. The van der Waals surface area contributed by atoms with Crippen molar-refractivity contribution in [3.05, 3.63) is 40.6 Å². The molecule has 6 nitrogen and oxygen atoms in total. The normalized spacial score (nSPS) is 15.7. The molecule has 1 amide bonds. The molecule has 0 unspecified atom stereocenters. The van der Waals surface area contributed by atoms with E-state index in [0.29, 0.717) is 10.2 Å². The quantitative estimate of drug-likeness (QED) is 0.890. The van der Waals surface area contributed by atoms with Crippen LogP contribution in [0.4, 0.5) is 11.4 Å². The Labute approximate surface area is 144 Å². The van der Waals surface area contributed by atoms with E-state index < -0.39 is 0 Å². The molecule has 1 N–H and O–H groups in total. The zero-order valence-electron chi connectivity index (χ0n) is 13.3. The lowest BCUT2D eigenvalue weighted by molar-refractivity contribution is 0.102. The summed E-state index contributed by atoms with van der Waals surface area (Å²) in [6.07, 6.45) is 1.76. The molecule has 0 spiro atoms. The Kier molecular flexibility index (Phi) is 4.68. The van der Waals surface area contributed by atoms with E-state index in [-0.39, 0.29) is 5.91 Å². The van der Waals surface area contributed by atoms with Crippen molar-refractivity contribution in [2.75, 3.05) is 43.4 Å². The molecule has 7 heteroatoms. The predicted molar refractivity (Wildman–Crippen MR) is 95.0 cm³/mol. The van der Waals surface area contributed by atoms with Crippen molar-refractivity contribution in [1.29, 1.82) is 0 Å². The SMILES string of the molecule is CN1CCN(c2ccc(NC(=O)c3nn(C)cc3Br)cc2)CC1. The van der Waals surface area contributed by atoms with Gasteiger partial charge in [-0.3, -0.25) is 9.48 Å². The lowest BCUT2D eigenvalue weighted by Gasteiger charge is -2.34. The molecule has 0 atom stereocenters. The van der Waals surface area contributed by atoms with Crippen LogP contribution in [0.2, 0.25) is 0 Å². The summed E-state index contributed by atoms with van der Waals surface area (Å²) < 4.78 is 2.29. The number of anilines is 2. The number of halogens is 1. The highest BCUT2D eigenvalue weighted by Crippen LogP contribution is 2.21. The van der Waals surface area contributed by atoms with Crippen molar-refractivity contribution in [2.24, 2.45) is 7.05 Å². The highest BCUT2D eigenvalue weighted by Gasteiger charge is 2.16. The summed E-state index contributed by atoms with van der Waals surface area (Å²) in [5.74, 6) is -0.218. The van der Waals surface area contributed by atoms with Crippen LogP contribution >= 0.6 is 15.9 Å². The number of piperazine rings is 1. The molecule has 0 radical (unpaired) electrons. The Balaban J connectivity index is 1.65. The van der Waals surface area contributed by atoms with Gasteiger partial charge >= 0.3 is 0 Å². The topological polar surface area (TPSA) is 53.4 Å². The number of carbonyl (C=O) groups is 1. The molecule has 0 saturated carbocycles. The molecular weight excluding hydrogens is 358 g/mol. The maximum Gasteiger partial charge on any atom is 0.277 e. The molecule has 1 aliphatic rings. The second-order valence-corrected chi connectivity index (χ2v) is 6.64. The zero-order chi connectivity index (χ0) is 16.4. The van der Waals surface area contributed by atoms with Gasteiger partial charge < -0.3 is 15.1 Å². The molecule has 0 bridgehead atoms. The lowest BCUT2D eigenvalue weighted by atomic mass is 10.2. The first-order valence-corrected chi connectivity index (χ1v) is 8.36. The van der Waals surface area contributed by atoms with Crippen molar-refractivity contribution >= 4 is 33.2 Å². The molecule has 1 fully saturated rings. The van der Waals surface area contributed by atoms with Crippen LogP contribution in [0.5, 0.6) is 0 Å². The van der Waals surface area contributed by atoms with E-state index in [1.165, 1.54) is 5.69 Å². The molecule has 3 rings (SSSR count). The van der Waals surface area contributed by atoms with Gasteiger partial charge in [-0.1, -0.05) is 0 Å². The first-order chi connectivity index (χ1) is 11.0. The van der Waals surface area contributed by atoms with Crippen LogP contribution in [0, 0.1) is 0 Å². The van der Waals surface area contributed by atoms with Gasteiger partial charge in [0.05, 0.1) is 4.47 Å². The summed E-state index contributed by atoms with van der Waals surface area (Å²) in [5, 5.41) is 7.03. The summed E-state index contributed by atoms with van der Waals surface area (Å²) in [4.78, 5) is 16.9. The fraction of sp³-hybridized carbons (Fsp3) is 0.375. The molecule has 2 aromatic rings. The third-order valence-electron chi connectivity index (χ3n) is 3.99. The highest BCUT2D eigenvalue weighted by atomic mass is 79.9. The Hall–Kier alpha value is -1.86. The molecule has 122 valence electrons. The minimum absolute atomic E-state index is 0.218. The lowest BCUT2D eigenvalue weighted by Crippen LogP contribution is -2.44. The first-order valence-electron chi connectivity index (χ1n) is 7.57. The molecule has 1 aromatic heterocycles. The minimum atomic E-state index is -0.218. The third-order valence-corrected chi connectivity index (χ3v) is 4.57. The second-order valence-electron chi connectivity index (χ2n) is 5.79. The summed E-state index contributed by atoms with van der Waals surface area (Å²) in [6.45, 7) is 4.21. The second kappa shape index (κ2) is 6.72. The van der Waals surface area contributed by atoms with Crippen molar-refractivity contribution in [3.63, 3.8) is 0 Å². The van der Waals surface area contributed by atoms with Crippen molar-refractivity contribution in [1.82, 2.24) is 14.7 Å². The van der Waals surface area contributed by atoms with Gasteiger partial charge in [-0.25, -0.2) is 0 Å². The number of nitrogens with one attached hydrogen (secondary N) is 1. The van der Waals surface area contributed by atoms with Crippen LogP contribution in [0.3, 0.4) is 0 Å². The average Bonchev–Trinajstić information content (AvgIpc) is 2.88. The molecule has 1 saturated heterocycles.